The maximum Gasteiger partial charge on any atom is 0.289 e. The summed E-state index contributed by atoms with van der Waals surface area (Å²) in [5.74, 6) is 2.28. The van der Waals surface area contributed by atoms with Gasteiger partial charge in [-0.05, 0) is 37.3 Å². The summed E-state index contributed by atoms with van der Waals surface area (Å²) in [6.07, 6.45) is 3.00. The molecule has 0 radical (unpaired) electrons. The summed E-state index contributed by atoms with van der Waals surface area (Å²) in [6.45, 7) is 1.66. The van der Waals surface area contributed by atoms with Crippen LogP contribution in [-0.2, 0) is 16.1 Å². The lowest BCUT2D eigenvalue weighted by Crippen LogP contribution is -2.40. The van der Waals surface area contributed by atoms with E-state index in [-0.39, 0.29) is 17.7 Å². The minimum atomic E-state index is -0.111. The third kappa shape index (κ3) is 6.24. The van der Waals surface area contributed by atoms with Gasteiger partial charge in [-0.3, -0.25) is 9.59 Å². The molecule has 2 aromatic rings. The highest BCUT2D eigenvalue weighted by molar-refractivity contribution is 5.92. The summed E-state index contributed by atoms with van der Waals surface area (Å²) < 4.78 is 21.1. The van der Waals surface area contributed by atoms with Gasteiger partial charge in [0.2, 0.25) is 5.91 Å². The molecule has 1 aromatic carbocycles. The van der Waals surface area contributed by atoms with Crippen LogP contribution in [0.1, 0.15) is 42.0 Å². The van der Waals surface area contributed by atoms with E-state index in [1.165, 1.54) is 0 Å². The van der Waals surface area contributed by atoms with Crippen LogP contribution in [0.25, 0.3) is 0 Å². The lowest BCUT2D eigenvalue weighted by molar-refractivity contribution is -0.116. The van der Waals surface area contributed by atoms with Gasteiger partial charge in [0.25, 0.3) is 5.91 Å². The Kier molecular flexibility index (Phi) is 7.94. The SMILES string of the molecule is COCc1ccc(C(=O)N2CCC[C@@H](CCC(=O)Nc3cc(OC)cc(OC)c3)C2)o1. The van der Waals surface area contributed by atoms with E-state index in [2.05, 4.69) is 5.32 Å². The van der Waals surface area contributed by atoms with Crippen molar-refractivity contribution in [2.45, 2.75) is 32.3 Å². The number of carbonyl (C=O) groups excluding carboxylic acids is 2. The first-order chi connectivity index (χ1) is 15.0. The van der Waals surface area contributed by atoms with Gasteiger partial charge in [-0.25, -0.2) is 0 Å². The van der Waals surface area contributed by atoms with Gasteiger partial charge in [-0.1, -0.05) is 0 Å². The predicted octanol–water partition coefficient (Wildman–Crippen LogP) is 3.71. The molecule has 168 valence electrons. The van der Waals surface area contributed by atoms with E-state index in [0.717, 1.165) is 12.8 Å². The molecule has 0 saturated carbocycles. The van der Waals surface area contributed by atoms with Gasteiger partial charge in [0, 0.05) is 50.5 Å². The molecule has 1 fully saturated rings. The third-order valence-corrected chi connectivity index (χ3v) is 5.38. The second-order valence-electron chi connectivity index (χ2n) is 7.65. The summed E-state index contributed by atoms with van der Waals surface area (Å²) in [6, 6.07) is 8.71. The number of carbonyl (C=O) groups is 2. The molecule has 0 unspecified atom stereocenters. The van der Waals surface area contributed by atoms with Crippen LogP contribution in [0, 0.1) is 5.92 Å². The molecule has 31 heavy (non-hydrogen) atoms. The molecule has 1 atom stereocenters. The summed E-state index contributed by atoms with van der Waals surface area (Å²) in [5.41, 5.74) is 0.631. The average molecular weight is 431 g/mol. The van der Waals surface area contributed by atoms with Crippen LogP contribution in [0.5, 0.6) is 11.5 Å². The molecule has 0 spiro atoms. The maximum absolute atomic E-state index is 12.8. The minimum absolute atomic E-state index is 0.0750. The molecule has 1 saturated heterocycles. The fraction of sp³-hybridized carbons (Fsp3) is 0.478. The van der Waals surface area contributed by atoms with E-state index < -0.39 is 0 Å². The van der Waals surface area contributed by atoms with E-state index in [9.17, 15) is 9.59 Å². The van der Waals surface area contributed by atoms with E-state index in [1.807, 2.05) is 4.90 Å². The Bertz CT molecular complexity index is 872. The molecule has 1 N–H and O–H groups in total. The monoisotopic (exact) mass is 430 g/mol. The molecule has 1 aromatic heterocycles. The highest BCUT2D eigenvalue weighted by atomic mass is 16.5. The van der Waals surface area contributed by atoms with Gasteiger partial charge in [-0.2, -0.15) is 0 Å². The van der Waals surface area contributed by atoms with Crippen LogP contribution < -0.4 is 14.8 Å². The lowest BCUT2D eigenvalue weighted by Gasteiger charge is -2.32. The average Bonchev–Trinajstić information content (AvgIpc) is 3.26. The fourth-order valence-electron chi connectivity index (χ4n) is 3.79. The van der Waals surface area contributed by atoms with Crippen molar-refractivity contribution < 1.29 is 28.2 Å². The number of nitrogens with zero attached hydrogens (tertiary/aromatic N) is 1. The standard InChI is InChI=1S/C23H30N2O6/c1-28-15-18-7-8-21(31-18)23(27)25-10-4-5-16(14-25)6-9-22(26)24-17-11-19(29-2)13-20(12-17)30-3/h7-8,11-13,16H,4-6,9-10,14-15H2,1-3H3,(H,24,26)/t16-/m0/s1. The van der Waals surface area contributed by atoms with Crippen molar-refractivity contribution in [3.8, 4) is 11.5 Å². The van der Waals surface area contributed by atoms with Crippen molar-refractivity contribution in [1.82, 2.24) is 4.90 Å². The summed E-state index contributed by atoms with van der Waals surface area (Å²) in [5, 5.41) is 2.90. The number of methoxy groups -OCH3 is 3. The molecule has 2 amide bonds. The Hall–Kier alpha value is -3.00. The smallest absolute Gasteiger partial charge is 0.289 e. The second kappa shape index (κ2) is 10.9. The number of anilines is 1. The van der Waals surface area contributed by atoms with Crippen LogP contribution >= 0.6 is 0 Å². The van der Waals surface area contributed by atoms with Crippen LogP contribution in [0.3, 0.4) is 0 Å². The third-order valence-electron chi connectivity index (χ3n) is 5.38. The molecule has 0 aliphatic carbocycles. The number of benzene rings is 1. The Labute approximate surface area is 182 Å². The fourth-order valence-corrected chi connectivity index (χ4v) is 3.79. The molecule has 8 nitrogen and oxygen atoms in total. The van der Waals surface area contributed by atoms with Gasteiger partial charge >= 0.3 is 0 Å². The zero-order valence-electron chi connectivity index (χ0n) is 18.3. The lowest BCUT2D eigenvalue weighted by atomic mass is 9.93. The first kappa shape index (κ1) is 22.7. The molecule has 1 aliphatic rings. The van der Waals surface area contributed by atoms with Crippen molar-refractivity contribution in [3.63, 3.8) is 0 Å². The Morgan fingerprint density at radius 3 is 2.55 bits per heavy atom. The molecule has 3 rings (SSSR count). The number of ether oxygens (including phenoxy) is 3. The van der Waals surface area contributed by atoms with Gasteiger partial charge in [-0.15, -0.1) is 0 Å². The van der Waals surface area contributed by atoms with Crippen LogP contribution in [0.15, 0.2) is 34.7 Å². The van der Waals surface area contributed by atoms with Crippen LogP contribution in [0.4, 0.5) is 5.69 Å². The summed E-state index contributed by atoms with van der Waals surface area (Å²) in [7, 11) is 4.72. The first-order valence-corrected chi connectivity index (χ1v) is 10.4. The number of furan rings is 1. The molecule has 8 heteroatoms. The molecule has 2 heterocycles. The van der Waals surface area contributed by atoms with Crippen LogP contribution in [0.2, 0.25) is 0 Å². The Morgan fingerprint density at radius 1 is 1.13 bits per heavy atom. The highest BCUT2D eigenvalue weighted by Crippen LogP contribution is 2.27. The van der Waals surface area contributed by atoms with Gasteiger partial charge in [0.05, 0.1) is 14.2 Å². The highest BCUT2D eigenvalue weighted by Gasteiger charge is 2.26. The number of nitrogens with one attached hydrogen (secondary N) is 1. The molecule has 0 bridgehead atoms. The molecular weight excluding hydrogens is 400 g/mol. The van der Waals surface area contributed by atoms with Crippen molar-refractivity contribution in [2.24, 2.45) is 5.92 Å². The van der Waals surface area contributed by atoms with E-state index >= 15 is 0 Å². The van der Waals surface area contributed by atoms with E-state index in [4.69, 9.17) is 18.6 Å². The zero-order valence-corrected chi connectivity index (χ0v) is 18.3. The Balaban J connectivity index is 1.51. The number of likely N-dealkylation sites (tertiary alicyclic amines) is 1. The van der Waals surface area contributed by atoms with Crippen molar-refractivity contribution >= 4 is 17.5 Å². The Morgan fingerprint density at radius 2 is 1.87 bits per heavy atom. The van der Waals surface area contributed by atoms with E-state index in [0.29, 0.717) is 61.2 Å². The quantitative estimate of drug-likeness (QED) is 0.652. The number of piperidine rings is 1. The number of hydrogen-bond acceptors (Lipinski definition) is 6. The number of amides is 2. The first-order valence-electron chi connectivity index (χ1n) is 10.4. The topological polar surface area (TPSA) is 90.2 Å². The zero-order chi connectivity index (χ0) is 22.2. The van der Waals surface area contributed by atoms with E-state index in [1.54, 1.807) is 51.7 Å². The maximum atomic E-state index is 12.8. The van der Waals surface area contributed by atoms with Crippen molar-refractivity contribution in [1.29, 1.82) is 0 Å². The number of rotatable bonds is 9. The van der Waals surface area contributed by atoms with Gasteiger partial charge < -0.3 is 28.8 Å². The normalized spacial score (nSPS) is 16.1. The minimum Gasteiger partial charge on any atom is -0.497 e. The second-order valence-corrected chi connectivity index (χ2v) is 7.65. The summed E-state index contributed by atoms with van der Waals surface area (Å²) >= 11 is 0. The van der Waals surface area contributed by atoms with Gasteiger partial charge in [0.15, 0.2) is 5.76 Å². The predicted molar refractivity (Wildman–Crippen MR) is 115 cm³/mol. The largest absolute Gasteiger partial charge is 0.497 e. The van der Waals surface area contributed by atoms with Gasteiger partial charge in [0.1, 0.15) is 23.9 Å². The van der Waals surface area contributed by atoms with Crippen molar-refractivity contribution in [3.05, 3.63) is 41.9 Å². The number of hydrogen-bond donors (Lipinski definition) is 1. The molecule has 1 aliphatic heterocycles. The van der Waals surface area contributed by atoms with Crippen molar-refractivity contribution in [2.75, 3.05) is 39.7 Å². The summed E-state index contributed by atoms with van der Waals surface area (Å²) in [4.78, 5) is 27.0. The van der Waals surface area contributed by atoms with Crippen LogP contribution in [-0.4, -0.2) is 51.1 Å². The molecular formula is C23H30N2O6.